The lowest BCUT2D eigenvalue weighted by molar-refractivity contribution is 0.472. The number of benzene rings is 1. The minimum Gasteiger partial charge on any atom is -0.377 e. The van der Waals surface area contributed by atoms with Gasteiger partial charge in [0.05, 0.1) is 33.5 Å². The van der Waals surface area contributed by atoms with Crippen LogP contribution >= 0.6 is 34.9 Å². The van der Waals surface area contributed by atoms with Crippen molar-refractivity contribution >= 4 is 51.7 Å². The highest BCUT2D eigenvalue weighted by Crippen LogP contribution is 2.35. The average Bonchev–Trinajstić information content (AvgIpc) is 2.63. The zero-order valence-corrected chi connectivity index (χ0v) is 10.5. The Morgan fingerprint density at radius 3 is 2.69 bits per heavy atom. The van der Waals surface area contributed by atoms with Crippen LogP contribution in [0.5, 0.6) is 0 Å². The van der Waals surface area contributed by atoms with Gasteiger partial charge in [-0.05, 0) is 6.07 Å². The van der Waals surface area contributed by atoms with Crippen LogP contribution in [0.2, 0.25) is 10.0 Å². The number of hydrogen-bond acceptors (Lipinski definition) is 5. The first-order valence-corrected chi connectivity index (χ1v) is 6.32. The van der Waals surface area contributed by atoms with Crippen LogP contribution in [-0.2, 0) is 0 Å². The molecule has 1 aromatic carbocycles. The van der Waals surface area contributed by atoms with E-state index in [2.05, 4.69) is 19.4 Å². The Morgan fingerprint density at radius 2 is 2.00 bits per heavy atom. The number of hydrogen-bond donors (Lipinski definition) is 2. The van der Waals surface area contributed by atoms with Crippen LogP contribution in [0.15, 0.2) is 6.07 Å². The Hall–Kier alpha value is -0.620. The van der Waals surface area contributed by atoms with E-state index in [0.29, 0.717) is 21.6 Å². The normalized spacial score (nSPS) is 16.4. The summed E-state index contributed by atoms with van der Waals surface area (Å²) in [7, 11) is 0. The molecule has 0 unspecified atom stereocenters. The van der Waals surface area contributed by atoms with Crippen LogP contribution in [-0.4, -0.2) is 27.9 Å². The van der Waals surface area contributed by atoms with Crippen molar-refractivity contribution < 1.29 is 0 Å². The quantitative estimate of drug-likeness (QED) is 0.883. The Bertz CT molecular complexity index is 538. The van der Waals surface area contributed by atoms with Gasteiger partial charge in [-0.25, -0.2) is 0 Å². The third-order valence-electron chi connectivity index (χ3n) is 2.57. The Morgan fingerprint density at radius 1 is 1.25 bits per heavy atom. The Labute approximate surface area is 106 Å². The molecule has 0 bridgehead atoms. The maximum Gasteiger partial charge on any atom is 0.130 e. The summed E-state index contributed by atoms with van der Waals surface area (Å²) in [6, 6.07) is 2.12. The predicted molar refractivity (Wildman–Crippen MR) is 67.7 cm³/mol. The summed E-state index contributed by atoms with van der Waals surface area (Å²) in [6.45, 7) is 1.88. The van der Waals surface area contributed by atoms with Crippen molar-refractivity contribution in [3.8, 4) is 0 Å². The zero-order valence-electron chi connectivity index (χ0n) is 8.13. The third-order valence-corrected chi connectivity index (χ3v) is 3.69. The SMILES string of the molecule is Clc1cc(Cl)c2nsnc2c1NC1CNC1. The summed E-state index contributed by atoms with van der Waals surface area (Å²) in [5, 5.41) is 7.68. The highest BCUT2D eigenvalue weighted by atomic mass is 35.5. The second kappa shape index (κ2) is 4.00. The molecule has 1 aliphatic rings. The number of aromatic nitrogens is 2. The number of nitrogens with one attached hydrogen (secondary N) is 2. The smallest absolute Gasteiger partial charge is 0.130 e. The van der Waals surface area contributed by atoms with E-state index in [9.17, 15) is 0 Å². The highest BCUT2D eigenvalue weighted by Gasteiger charge is 2.20. The molecule has 3 rings (SSSR count). The molecule has 1 saturated heterocycles. The molecule has 0 aliphatic carbocycles. The highest BCUT2D eigenvalue weighted by molar-refractivity contribution is 7.00. The first-order valence-electron chi connectivity index (χ1n) is 4.83. The van der Waals surface area contributed by atoms with Gasteiger partial charge in [-0.2, -0.15) is 8.75 Å². The van der Waals surface area contributed by atoms with E-state index in [-0.39, 0.29) is 0 Å². The first kappa shape index (κ1) is 10.5. The van der Waals surface area contributed by atoms with Gasteiger partial charge < -0.3 is 10.6 Å². The molecule has 0 saturated carbocycles. The number of nitrogens with zero attached hydrogens (tertiary/aromatic N) is 2. The van der Waals surface area contributed by atoms with Crippen molar-refractivity contribution in [2.24, 2.45) is 0 Å². The van der Waals surface area contributed by atoms with Gasteiger partial charge in [0.15, 0.2) is 0 Å². The summed E-state index contributed by atoms with van der Waals surface area (Å²) in [4.78, 5) is 0. The fourth-order valence-electron chi connectivity index (χ4n) is 1.61. The minimum absolute atomic E-state index is 0.406. The molecule has 16 heavy (non-hydrogen) atoms. The maximum atomic E-state index is 6.16. The van der Waals surface area contributed by atoms with E-state index in [1.165, 1.54) is 0 Å². The van der Waals surface area contributed by atoms with Crippen LogP contribution < -0.4 is 10.6 Å². The average molecular weight is 275 g/mol. The molecule has 2 heterocycles. The summed E-state index contributed by atoms with van der Waals surface area (Å²) in [6.07, 6.45) is 0. The van der Waals surface area contributed by atoms with Crippen LogP contribution in [0.25, 0.3) is 11.0 Å². The fourth-order valence-corrected chi connectivity index (χ4v) is 2.77. The Balaban J connectivity index is 2.10. The molecule has 2 aromatic rings. The molecule has 84 valence electrons. The molecule has 0 atom stereocenters. The van der Waals surface area contributed by atoms with Gasteiger partial charge in [-0.3, -0.25) is 0 Å². The van der Waals surface area contributed by atoms with Crippen molar-refractivity contribution in [1.82, 2.24) is 14.1 Å². The van der Waals surface area contributed by atoms with E-state index in [0.717, 1.165) is 36.0 Å². The van der Waals surface area contributed by atoms with Crippen LogP contribution in [0.4, 0.5) is 5.69 Å². The zero-order chi connectivity index (χ0) is 11.1. The standard InChI is InChI=1S/C9H8Cl2N4S/c10-5-1-6(11)8-9(15-16-14-8)7(5)13-4-2-12-3-4/h1,4,12-13H,2-3H2. The summed E-state index contributed by atoms with van der Waals surface area (Å²) < 4.78 is 8.39. The van der Waals surface area contributed by atoms with Crippen molar-refractivity contribution in [1.29, 1.82) is 0 Å². The van der Waals surface area contributed by atoms with Gasteiger partial charge in [0, 0.05) is 13.1 Å². The molecule has 0 spiro atoms. The summed E-state index contributed by atoms with van der Waals surface area (Å²) >= 11 is 13.3. The van der Waals surface area contributed by atoms with Gasteiger partial charge in [0.2, 0.25) is 0 Å². The molecular weight excluding hydrogens is 267 g/mol. The topological polar surface area (TPSA) is 49.8 Å². The van der Waals surface area contributed by atoms with Crippen molar-refractivity contribution in [2.75, 3.05) is 18.4 Å². The number of halogens is 2. The molecular formula is C9H8Cl2N4S. The van der Waals surface area contributed by atoms with Crippen LogP contribution in [0.1, 0.15) is 0 Å². The second-order valence-corrected chi connectivity index (χ2v) is 5.02. The van der Waals surface area contributed by atoms with Crippen LogP contribution in [0, 0.1) is 0 Å². The van der Waals surface area contributed by atoms with Gasteiger partial charge in [-0.1, -0.05) is 23.2 Å². The van der Waals surface area contributed by atoms with E-state index in [4.69, 9.17) is 23.2 Å². The first-order chi connectivity index (χ1) is 7.75. The fraction of sp³-hybridized carbons (Fsp3) is 0.333. The van der Waals surface area contributed by atoms with Gasteiger partial charge in [0.1, 0.15) is 11.0 Å². The molecule has 1 aromatic heterocycles. The number of rotatable bonds is 2. The number of anilines is 1. The predicted octanol–water partition coefficient (Wildman–Crippen LogP) is 2.38. The molecule has 2 N–H and O–H groups in total. The lowest BCUT2D eigenvalue weighted by Gasteiger charge is -2.29. The molecule has 1 aliphatic heterocycles. The van der Waals surface area contributed by atoms with Crippen molar-refractivity contribution in [3.05, 3.63) is 16.1 Å². The maximum absolute atomic E-state index is 6.16. The van der Waals surface area contributed by atoms with E-state index in [1.807, 2.05) is 0 Å². The van der Waals surface area contributed by atoms with Gasteiger partial charge in [0.25, 0.3) is 0 Å². The lowest BCUT2D eigenvalue weighted by atomic mass is 10.1. The van der Waals surface area contributed by atoms with E-state index in [1.54, 1.807) is 6.07 Å². The van der Waals surface area contributed by atoms with E-state index < -0.39 is 0 Å². The monoisotopic (exact) mass is 274 g/mol. The molecule has 7 heteroatoms. The molecule has 1 fully saturated rings. The van der Waals surface area contributed by atoms with Crippen molar-refractivity contribution in [3.63, 3.8) is 0 Å². The number of fused-ring (bicyclic) bond motifs is 1. The molecule has 0 amide bonds. The summed E-state index contributed by atoms with van der Waals surface area (Å²) in [5.74, 6) is 0. The van der Waals surface area contributed by atoms with Crippen LogP contribution in [0.3, 0.4) is 0 Å². The minimum atomic E-state index is 0.406. The molecule has 4 nitrogen and oxygen atoms in total. The van der Waals surface area contributed by atoms with Gasteiger partial charge in [-0.15, -0.1) is 0 Å². The van der Waals surface area contributed by atoms with E-state index >= 15 is 0 Å². The third kappa shape index (κ3) is 1.64. The largest absolute Gasteiger partial charge is 0.377 e. The summed E-state index contributed by atoms with van der Waals surface area (Å²) in [5.41, 5.74) is 2.31. The molecule has 0 radical (unpaired) electrons. The Kier molecular flexibility index (Phi) is 2.63. The second-order valence-electron chi connectivity index (χ2n) is 3.68. The lowest BCUT2D eigenvalue weighted by Crippen LogP contribution is -2.51. The van der Waals surface area contributed by atoms with Crippen molar-refractivity contribution in [2.45, 2.75) is 6.04 Å². The van der Waals surface area contributed by atoms with Gasteiger partial charge >= 0.3 is 0 Å².